The maximum atomic E-state index is 14.0. The number of rotatable bonds is 7. The number of hydrogen-bond acceptors (Lipinski definition) is 4. The Morgan fingerprint density at radius 1 is 1.32 bits per heavy atom. The molecule has 0 saturated heterocycles. The van der Waals surface area contributed by atoms with Gasteiger partial charge < -0.3 is 19.9 Å². The van der Waals surface area contributed by atoms with Crippen molar-refractivity contribution in [3.63, 3.8) is 0 Å². The number of aromatic nitrogens is 1. The smallest absolute Gasteiger partial charge is 0.239 e. The van der Waals surface area contributed by atoms with Crippen molar-refractivity contribution in [1.82, 2.24) is 9.88 Å². The van der Waals surface area contributed by atoms with Crippen molar-refractivity contribution in [2.24, 2.45) is 0 Å². The van der Waals surface area contributed by atoms with Crippen molar-refractivity contribution in [3.8, 4) is 11.8 Å². The lowest BCUT2D eigenvalue weighted by Gasteiger charge is -2.27. The molecule has 0 spiro atoms. The van der Waals surface area contributed by atoms with E-state index < -0.39 is 5.82 Å². The Morgan fingerprint density at radius 2 is 2.03 bits per heavy atom. The van der Waals surface area contributed by atoms with E-state index in [1.54, 1.807) is 12.1 Å². The highest BCUT2D eigenvalue weighted by Gasteiger charge is 2.26. The average Bonchev–Trinajstić information content (AvgIpc) is 3.01. The van der Waals surface area contributed by atoms with Crippen molar-refractivity contribution in [1.29, 1.82) is 5.26 Å². The van der Waals surface area contributed by atoms with Crippen LogP contribution in [-0.2, 0) is 4.79 Å². The van der Waals surface area contributed by atoms with Gasteiger partial charge >= 0.3 is 0 Å². The summed E-state index contributed by atoms with van der Waals surface area (Å²) in [6, 6.07) is 7.10. The van der Waals surface area contributed by atoms with Gasteiger partial charge in [0.15, 0.2) is 11.6 Å². The van der Waals surface area contributed by atoms with Gasteiger partial charge in [0.1, 0.15) is 11.9 Å². The third-order valence-electron chi connectivity index (χ3n) is 6.31. The standard InChI is InChI=1S/C24H31FN4O2/c1-15-17(3)29(19-8-6-5-7-9-19)24(20(15)13-26)28-23(30)14-27-16(2)18-10-11-22(31-4)21(25)12-18/h10-12,16,19,27H,5-9,14H2,1-4H3,(H,28,30). The molecule has 0 aliphatic heterocycles. The first-order valence-corrected chi connectivity index (χ1v) is 10.9. The molecule has 3 rings (SSSR count). The molecule has 0 radical (unpaired) electrons. The molecule has 6 nitrogen and oxygen atoms in total. The van der Waals surface area contributed by atoms with E-state index in [9.17, 15) is 14.4 Å². The Balaban J connectivity index is 1.72. The maximum absolute atomic E-state index is 14.0. The van der Waals surface area contributed by atoms with Crippen LogP contribution < -0.4 is 15.4 Å². The number of ether oxygens (including phenoxy) is 1. The molecule has 166 valence electrons. The zero-order valence-corrected chi connectivity index (χ0v) is 18.7. The Morgan fingerprint density at radius 3 is 2.65 bits per heavy atom. The fourth-order valence-electron chi connectivity index (χ4n) is 4.37. The predicted octanol–water partition coefficient (Wildman–Crippen LogP) is 4.92. The highest BCUT2D eigenvalue weighted by atomic mass is 19.1. The van der Waals surface area contributed by atoms with Gasteiger partial charge in [0.05, 0.1) is 19.2 Å². The Labute approximate surface area is 183 Å². The van der Waals surface area contributed by atoms with Crippen molar-refractivity contribution in [2.75, 3.05) is 19.0 Å². The number of amides is 1. The summed E-state index contributed by atoms with van der Waals surface area (Å²) in [7, 11) is 1.42. The van der Waals surface area contributed by atoms with Crippen LogP contribution in [0, 0.1) is 31.0 Å². The minimum atomic E-state index is -0.437. The molecule has 1 atom stereocenters. The number of nitriles is 1. The van der Waals surface area contributed by atoms with Gasteiger partial charge in [-0.1, -0.05) is 25.3 Å². The lowest BCUT2D eigenvalue weighted by atomic mass is 9.95. The number of nitrogens with zero attached hydrogens (tertiary/aromatic N) is 2. The van der Waals surface area contributed by atoms with Crippen LogP contribution in [0.3, 0.4) is 0 Å². The minimum Gasteiger partial charge on any atom is -0.494 e. The van der Waals surface area contributed by atoms with E-state index in [-0.39, 0.29) is 24.2 Å². The van der Waals surface area contributed by atoms with E-state index in [1.165, 1.54) is 19.6 Å². The topological polar surface area (TPSA) is 79.1 Å². The summed E-state index contributed by atoms with van der Waals surface area (Å²) in [5, 5.41) is 15.8. The van der Waals surface area contributed by atoms with Crippen LogP contribution in [0.15, 0.2) is 18.2 Å². The first-order chi connectivity index (χ1) is 14.9. The summed E-state index contributed by atoms with van der Waals surface area (Å²) < 4.78 is 21.1. The van der Waals surface area contributed by atoms with E-state index in [0.29, 0.717) is 17.4 Å². The molecule has 2 aromatic rings. The fraction of sp³-hybridized carbons (Fsp3) is 0.500. The van der Waals surface area contributed by atoms with E-state index in [2.05, 4.69) is 21.3 Å². The molecule has 0 bridgehead atoms. The summed E-state index contributed by atoms with van der Waals surface area (Å²) >= 11 is 0. The van der Waals surface area contributed by atoms with Crippen LogP contribution in [-0.4, -0.2) is 24.1 Å². The molecule has 31 heavy (non-hydrogen) atoms. The van der Waals surface area contributed by atoms with Crippen LogP contribution in [0.5, 0.6) is 5.75 Å². The Kier molecular flexibility index (Phi) is 7.34. The van der Waals surface area contributed by atoms with Gasteiger partial charge in [-0.25, -0.2) is 4.39 Å². The summed E-state index contributed by atoms with van der Waals surface area (Å²) in [6.45, 7) is 5.86. The van der Waals surface area contributed by atoms with Gasteiger partial charge in [0.2, 0.25) is 5.91 Å². The summed E-state index contributed by atoms with van der Waals surface area (Å²) in [5.74, 6) is 0.117. The third kappa shape index (κ3) is 4.91. The van der Waals surface area contributed by atoms with Crippen LogP contribution in [0.2, 0.25) is 0 Å². The van der Waals surface area contributed by atoms with E-state index in [1.807, 2.05) is 20.8 Å². The average molecular weight is 427 g/mol. The van der Waals surface area contributed by atoms with Gasteiger partial charge in [-0.05, 0) is 56.9 Å². The van der Waals surface area contributed by atoms with E-state index >= 15 is 0 Å². The number of carbonyl (C=O) groups is 1. The molecule has 1 aliphatic rings. The zero-order valence-electron chi connectivity index (χ0n) is 18.7. The monoisotopic (exact) mass is 426 g/mol. The highest BCUT2D eigenvalue weighted by Crippen LogP contribution is 2.36. The molecule has 7 heteroatoms. The number of anilines is 1. The summed E-state index contributed by atoms with van der Waals surface area (Å²) in [5.41, 5.74) is 3.20. The normalized spacial score (nSPS) is 15.4. The van der Waals surface area contributed by atoms with Gasteiger partial charge in [-0.2, -0.15) is 5.26 Å². The number of methoxy groups -OCH3 is 1. The molecule has 1 amide bonds. The lowest BCUT2D eigenvalue weighted by Crippen LogP contribution is -2.31. The predicted molar refractivity (Wildman–Crippen MR) is 119 cm³/mol. The van der Waals surface area contributed by atoms with Gasteiger partial charge in [-0.15, -0.1) is 0 Å². The third-order valence-corrected chi connectivity index (χ3v) is 6.31. The molecule has 1 fully saturated rings. The number of nitrogens with one attached hydrogen (secondary N) is 2. The molecule has 1 unspecified atom stereocenters. The number of halogens is 1. The molecule has 1 heterocycles. The Hall–Kier alpha value is -2.85. The molecule has 1 saturated carbocycles. The molecule has 1 aromatic heterocycles. The fourth-order valence-corrected chi connectivity index (χ4v) is 4.37. The van der Waals surface area contributed by atoms with Crippen LogP contribution in [0.4, 0.5) is 10.2 Å². The maximum Gasteiger partial charge on any atom is 0.239 e. The minimum absolute atomic E-state index is 0.0492. The van der Waals surface area contributed by atoms with E-state index in [0.717, 1.165) is 42.5 Å². The van der Waals surface area contributed by atoms with Crippen LogP contribution in [0.1, 0.15) is 73.5 Å². The quantitative estimate of drug-likeness (QED) is 0.659. The highest BCUT2D eigenvalue weighted by molar-refractivity contribution is 5.93. The van der Waals surface area contributed by atoms with Crippen molar-refractivity contribution < 1.29 is 13.9 Å². The molecular weight excluding hydrogens is 395 g/mol. The second kappa shape index (κ2) is 9.97. The van der Waals surface area contributed by atoms with Gasteiger partial charge in [0.25, 0.3) is 0 Å². The van der Waals surface area contributed by atoms with Gasteiger partial charge in [0, 0.05) is 17.8 Å². The summed E-state index contributed by atoms with van der Waals surface area (Å²) in [6.07, 6.45) is 5.67. The van der Waals surface area contributed by atoms with E-state index in [4.69, 9.17) is 4.74 Å². The molecule has 1 aromatic carbocycles. The second-order valence-electron chi connectivity index (χ2n) is 8.25. The largest absolute Gasteiger partial charge is 0.494 e. The SMILES string of the molecule is COc1ccc(C(C)NCC(=O)Nc2c(C#N)c(C)c(C)n2C2CCCCC2)cc1F. The number of benzene rings is 1. The van der Waals surface area contributed by atoms with Crippen molar-refractivity contribution in [3.05, 3.63) is 46.4 Å². The first-order valence-electron chi connectivity index (χ1n) is 10.9. The molecule has 1 aliphatic carbocycles. The summed E-state index contributed by atoms with van der Waals surface area (Å²) in [4.78, 5) is 12.7. The zero-order chi connectivity index (χ0) is 22.5. The lowest BCUT2D eigenvalue weighted by molar-refractivity contribution is -0.115. The van der Waals surface area contributed by atoms with Crippen molar-refractivity contribution in [2.45, 2.75) is 65.0 Å². The van der Waals surface area contributed by atoms with Crippen molar-refractivity contribution >= 4 is 11.7 Å². The number of carbonyl (C=O) groups excluding carboxylic acids is 1. The van der Waals surface area contributed by atoms with Crippen LogP contribution in [0.25, 0.3) is 0 Å². The second-order valence-corrected chi connectivity index (χ2v) is 8.25. The molecular formula is C24H31FN4O2. The van der Waals surface area contributed by atoms with Gasteiger partial charge in [-0.3, -0.25) is 4.79 Å². The molecule has 2 N–H and O–H groups in total. The van der Waals surface area contributed by atoms with Crippen LogP contribution >= 0.6 is 0 Å². The first kappa shape index (κ1) is 22.8. The number of hydrogen-bond donors (Lipinski definition) is 2. The Bertz CT molecular complexity index is 986.